The van der Waals surface area contributed by atoms with Gasteiger partial charge in [-0.05, 0) is 11.8 Å². The van der Waals surface area contributed by atoms with Gasteiger partial charge in [-0.1, -0.05) is 66.2 Å². The van der Waals surface area contributed by atoms with Crippen molar-refractivity contribution in [1.82, 2.24) is 0 Å². The van der Waals surface area contributed by atoms with Crippen molar-refractivity contribution in [3.8, 4) is 0 Å². The highest BCUT2D eigenvalue weighted by Crippen LogP contribution is 2.31. The van der Waals surface area contributed by atoms with E-state index in [1.54, 1.807) is 0 Å². The Morgan fingerprint density at radius 1 is 1.17 bits per heavy atom. The third-order valence-corrected chi connectivity index (χ3v) is 2.38. The molecule has 0 aromatic rings. The smallest absolute Gasteiger partial charge is 0.0414 e. The molecule has 0 aromatic heterocycles. The molecule has 0 bridgehead atoms. The summed E-state index contributed by atoms with van der Waals surface area (Å²) in [6.07, 6.45) is 8.74. The summed E-state index contributed by atoms with van der Waals surface area (Å²) in [7, 11) is 0. The molecule has 12 heavy (non-hydrogen) atoms. The van der Waals surface area contributed by atoms with Gasteiger partial charge in [0.05, 0.1) is 0 Å². The van der Waals surface area contributed by atoms with Crippen molar-refractivity contribution in [3.05, 3.63) is 0 Å². The summed E-state index contributed by atoms with van der Waals surface area (Å²) in [6, 6.07) is 0. The van der Waals surface area contributed by atoms with Crippen molar-refractivity contribution in [3.63, 3.8) is 0 Å². The van der Waals surface area contributed by atoms with Crippen LogP contribution in [-0.2, 0) is 0 Å². The minimum atomic E-state index is 0.922. The molecule has 0 radical (unpaired) electrons. The van der Waals surface area contributed by atoms with Crippen LogP contribution >= 0.6 is 0 Å². The highest BCUT2D eigenvalue weighted by molar-refractivity contribution is 4.69. The Balaban J connectivity index is 0.000000354. The zero-order valence-electron chi connectivity index (χ0n) is 9.40. The van der Waals surface area contributed by atoms with Crippen molar-refractivity contribution < 1.29 is 0 Å². The topological polar surface area (TPSA) is 0 Å². The van der Waals surface area contributed by atoms with Gasteiger partial charge in [-0.15, -0.1) is 0 Å². The Hall–Kier alpha value is 0. The highest BCUT2D eigenvalue weighted by atomic mass is 14.2. The molecule has 0 nitrogen and oxygen atoms in total. The lowest BCUT2D eigenvalue weighted by molar-refractivity contribution is 0.277. The van der Waals surface area contributed by atoms with Gasteiger partial charge in [0.15, 0.2) is 0 Å². The zero-order chi connectivity index (χ0) is 9.40. The van der Waals surface area contributed by atoms with Crippen LogP contribution in [-0.4, -0.2) is 0 Å². The summed E-state index contributed by atoms with van der Waals surface area (Å²) in [5, 5.41) is 0. The fourth-order valence-electron chi connectivity index (χ4n) is 1.35. The van der Waals surface area contributed by atoms with E-state index in [0.717, 1.165) is 11.8 Å². The largest absolute Gasteiger partial charge is 0.0656 e. The van der Waals surface area contributed by atoms with Crippen molar-refractivity contribution in [2.24, 2.45) is 11.8 Å². The van der Waals surface area contributed by atoms with Crippen LogP contribution in [0.3, 0.4) is 0 Å². The summed E-state index contributed by atoms with van der Waals surface area (Å²) in [4.78, 5) is 0. The van der Waals surface area contributed by atoms with Gasteiger partial charge in [0, 0.05) is 0 Å². The van der Waals surface area contributed by atoms with Gasteiger partial charge >= 0.3 is 0 Å². The van der Waals surface area contributed by atoms with E-state index in [9.17, 15) is 0 Å². The lowest BCUT2D eigenvalue weighted by Crippen LogP contribution is -2.11. The molecule has 1 fully saturated rings. The van der Waals surface area contributed by atoms with Gasteiger partial charge in [-0.25, -0.2) is 0 Å². The lowest BCUT2D eigenvalue weighted by atomic mass is 9.81. The molecule has 74 valence electrons. The van der Waals surface area contributed by atoms with Crippen LogP contribution in [0.4, 0.5) is 0 Å². The number of hydrogen-bond donors (Lipinski definition) is 0. The molecule has 0 atom stereocenters. The molecule has 0 amide bonds. The van der Waals surface area contributed by atoms with Gasteiger partial charge in [0.1, 0.15) is 0 Å². The minimum absolute atomic E-state index is 0.922. The summed E-state index contributed by atoms with van der Waals surface area (Å²) in [6.45, 7) is 8.89. The third kappa shape index (κ3) is 6.69. The maximum atomic E-state index is 2.32. The average molecular weight is 170 g/mol. The quantitative estimate of drug-likeness (QED) is 0.579. The molecule has 0 aromatic carbocycles. The van der Waals surface area contributed by atoms with Crippen LogP contribution in [0.5, 0.6) is 0 Å². The Kier molecular flexibility index (Phi) is 7.64. The Morgan fingerprint density at radius 2 is 1.67 bits per heavy atom. The van der Waals surface area contributed by atoms with Gasteiger partial charge in [-0.3, -0.25) is 0 Å². The Bertz CT molecular complexity index is 80.0. The first-order valence-corrected chi connectivity index (χ1v) is 5.70. The second-order valence-electron chi connectivity index (χ2n) is 4.48. The first-order valence-electron chi connectivity index (χ1n) is 5.70. The summed E-state index contributed by atoms with van der Waals surface area (Å²) in [5.41, 5.74) is 0. The van der Waals surface area contributed by atoms with Crippen molar-refractivity contribution in [2.75, 3.05) is 0 Å². The van der Waals surface area contributed by atoms with Crippen LogP contribution < -0.4 is 0 Å². The van der Waals surface area contributed by atoms with Crippen molar-refractivity contribution >= 4 is 0 Å². The van der Waals surface area contributed by atoms with E-state index >= 15 is 0 Å². The van der Waals surface area contributed by atoms with E-state index in [1.165, 1.54) is 38.5 Å². The first-order chi connectivity index (χ1) is 5.70. The number of rotatable bonds is 3. The molecule has 1 aliphatic carbocycles. The van der Waals surface area contributed by atoms with E-state index in [2.05, 4.69) is 27.7 Å². The van der Waals surface area contributed by atoms with E-state index in [1.807, 2.05) is 0 Å². The molecule has 0 heteroatoms. The maximum Gasteiger partial charge on any atom is -0.0414 e. The van der Waals surface area contributed by atoms with Crippen molar-refractivity contribution in [2.45, 2.75) is 66.2 Å². The van der Waals surface area contributed by atoms with Gasteiger partial charge in [0.25, 0.3) is 0 Å². The zero-order valence-corrected chi connectivity index (χ0v) is 9.40. The number of hydrogen-bond acceptors (Lipinski definition) is 0. The molecule has 1 saturated carbocycles. The van der Waals surface area contributed by atoms with Crippen LogP contribution in [0, 0.1) is 11.8 Å². The van der Waals surface area contributed by atoms with E-state index in [-0.39, 0.29) is 0 Å². The fraction of sp³-hybridized carbons (Fsp3) is 1.00. The predicted molar refractivity (Wildman–Crippen MR) is 57.4 cm³/mol. The summed E-state index contributed by atoms with van der Waals surface area (Å²) in [5.74, 6) is 2.04. The standard InChI is InChI=1S/C9H18.C3H8/c1-8(2)6-7-9-4-3-5-9;1-3-2/h8-9H,3-7H2,1-2H3;3H2,1-2H3. The molecule has 1 aliphatic rings. The maximum absolute atomic E-state index is 2.32. The highest BCUT2D eigenvalue weighted by Gasteiger charge is 2.16. The lowest BCUT2D eigenvalue weighted by Gasteiger charge is -2.25. The van der Waals surface area contributed by atoms with Crippen LogP contribution in [0.1, 0.15) is 66.2 Å². The monoisotopic (exact) mass is 170 g/mol. The molecule has 0 N–H and O–H groups in total. The first kappa shape index (κ1) is 12.0. The molecular formula is C12H26. The van der Waals surface area contributed by atoms with Crippen LogP contribution in [0.15, 0.2) is 0 Å². The Morgan fingerprint density at radius 3 is 1.92 bits per heavy atom. The van der Waals surface area contributed by atoms with Gasteiger partial charge < -0.3 is 0 Å². The van der Waals surface area contributed by atoms with E-state index in [0.29, 0.717) is 0 Å². The molecular weight excluding hydrogens is 144 g/mol. The van der Waals surface area contributed by atoms with Crippen molar-refractivity contribution in [1.29, 1.82) is 0 Å². The van der Waals surface area contributed by atoms with Crippen LogP contribution in [0.2, 0.25) is 0 Å². The second-order valence-corrected chi connectivity index (χ2v) is 4.48. The molecule has 0 heterocycles. The van der Waals surface area contributed by atoms with Gasteiger partial charge in [-0.2, -0.15) is 0 Å². The molecule has 0 spiro atoms. The van der Waals surface area contributed by atoms with E-state index in [4.69, 9.17) is 0 Å². The minimum Gasteiger partial charge on any atom is -0.0656 e. The fourth-order valence-corrected chi connectivity index (χ4v) is 1.35. The molecule has 0 aliphatic heterocycles. The summed E-state index contributed by atoms with van der Waals surface area (Å²) < 4.78 is 0. The van der Waals surface area contributed by atoms with Crippen LogP contribution in [0.25, 0.3) is 0 Å². The third-order valence-electron chi connectivity index (χ3n) is 2.38. The Labute approximate surface area is 78.8 Å². The second kappa shape index (κ2) is 7.64. The average Bonchev–Trinajstić information content (AvgIpc) is 1.84. The summed E-state index contributed by atoms with van der Waals surface area (Å²) >= 11 is 0. The van der Waals surface area contributed by atoms with Gasteiger partial charge in [0.2, 0.25) is 0 Å². The molecule has 0 unspecified atom stereocenters. The molecule has 0 saturated heterocycles. The predicted octanol–water partition coefficient (Wildman–Crippen LogP) is 4.64. The molecule has 1 rings (SSSR count). The SMILES string of the molecule is CC(C)CCC1CCC1.CCC. The van der Waals surface area contributed by atoms with E-state index < -0.39 is 0 Å². The normalized spacial score (nSPS) is 16.8.